The van der Waals surface area contributed by atoms with E-state index in [1.165, 1.54) is 44.9 Å². The molecular weight excluding hydrogens is 907 g/mol. The fourth-order valence-corrected chi connectivity index (χ4v) is 7.80. The van der Waals surface area contributed by atoms with Crippen LogP contribution in [0.4, 0.5) is 0 Å². The number of allylic oxidation sites excluding steroid dienone is 19. The number of esters is 1. The maximum Gasteiger partial charge on any atom is 0.306 e. The summed E-state index contributed by atoms with van der Waals surface area (Å²) in [6.45, 7) is 5.45. The second-order valence-corrected chi connectivity index (χ2v) is 18.6. The first kappa shape index (κ1) is 66.1. The molecule has 0 saturated carbocycles. The summed E-state index contributed by atoms with van der Waals surface area (Å²) in [7, 11) is 0. The molecule has 1 saturated heterocycles. The molecule has 0 aromatic heterocycles. The van der Waals surface area contributed by atoms with E-state index < -0.39 is 67.4 Å². The number of aliphatic hydroxyl groups excluding tert-OH is 5. The van der Waals surface area contributed by atoms with E-state index in [1.54, 1.807) is 6.08 Å². The molecule has 6 N–H and O–H groups in total. The van der Waals surface area contributed by atoms with Crippen LogP contribution in [0.3, 0.4) is 0 Å². The van der Waals surface area contributed by atoms with Gasteiger partial charge in [0.1, 0.15) is 24.4 Å². The van der Waals surface area contributed by atoms with Crippen LogP contribution in [0.25, 0.3) is 0 Å². The molecule has 0 aliphatic carbocycles. The molecule has 11 heteroatoms. The monoisotopic (exact) mass is 1010 g/mol. The van der Waals surface area contributed by atoms with Crippen LogP contribution < -0.4 is 5.32 Å². The van der Waals surface area contributed by atoms with Gasteiger partial charge in [-0.1, -0.05) is 213 Å². The van der Waals surface area contributed by atoms with Gasteiger partial charge in [-0.05, 0) is 89.9 Å². The predicted octanol–water partition coefficient (Wildman–Crippen LogP) is 12.3. The van der Waals surface area contributed by atoms with Gasteiger partial charge >= 0.3 is 5.97 Å². The molecule has 1 aliphatic heterocycles. The first-order valence-electron chi connectivity index (χ1n) is 27.9. The zero-order valence-electron chi connectivity index (χ0n) is 44.7. The molecule has 1 fully saturated rings. The van der Waals surface area contributed by atoms with Crippen molar-refractivity contribution in [2.24, 2.45) is 0 Å². The van der Waals surface area contributed by atoms with Crippen molar-refractivity contribution in [3.63, 3.8) is 0 Å². The summed E-state index contributed by atoms with van der Waals surface area (Å²) < 4.78 is 17.5. The van der Waals surface area contributed by atoms with Crippen LogP contribution in [-0.4, -0.2) is 99.6 Å². The average molecular weight is 1010 g/mol. The minimum Gasteiger partial charge on any atom is -0.454 e. The molecule has 11 nitrogen and oxygen atoms in total. The number of aliphatic hydroxyl groups is 5. The Bertz CT molecular complexity index is 1630. The summed E-state index contributed by atoms with van der Waals surface area (Å²) in [5.74, 6) is -1.28. The lowest BCUT2D eigenvalue weighted by Crippen LogP contribution is -2.61. The van der Waals surface area contributed by atoms with Crippen molar-refractivity contribution in [2.45, 2.75) is 237 Å². The molecule has 1 rings (SSSR count). The van der Waals surface area contributed by atoms with Crippen molar-refractivity contribution in [2.75, 3.05) is 13.2 Å². The molecule has 0 aromatic rings. The molecule has 8 unspecified atom stereocenters. The van der Waals surface area contributed by atoms with Crippen LogP contribution in [0, 0.1) is 0 Å². The fourth-order valence-electron chi connectivity index (χ4n) is 7.80. The smallest absolute Gasteiger partial charge is 0.306 e. The first-order chi connectivity index (χ1) is 35.2. The van der Waals surface area contributed by atoms with Gasteiger partial charge in [0.25, 0.3) is 0 Å². The Morgan fingerprint density at radius 2 is 1.07 bits per heavy atom. The van der Waals surface area contributed by atoms with Crippen LogP contribution in [0.15, 0.2) is 122 Å². The Hall–Kier alpha value is -3.94. The molecule has 0 aromatic carbocycles. The number of carbonyl (C=O) groups is 2. The van der Waals surface area contributed by atoms with Crippen molar-refractivity contribution < 1.29 is 49.3 Å². The molecule has 72 heavy (non-hydrogen) atoms. The largest absolute Gasteiger partial charge is 0.454 e. The summed E-state index contributed by atoms with van der Waals surface area (Å²) in [5, 5.41) is 56.7. The predicted molar refractivity (Wildman–Crippen MR) is 296 cm³/mol. The van der Waals surface area contributed by atoms with E-state index in [4.69, 9.17) is 14.2 Å². The van der Waals surface area contributed by atoms with Crippen LogP contribution in [-0.2, 0) is 23.8 Å². The minimum atomic E-state index is -1.64. The summed E-state index contributed by atoms with van der Waals surface area (Å²) in [4.78, 5) is 26.4. The van der Waals surface area contributed by atoms with Crippen molar-refractivity contribution in [3.8, 4) is 0 Å². The number of rotatable bonds is 44. The van der Waals surface area contributed by atoms with Crippen molar-refractivity contribution in [3.05, 3.63) is 122 Å². The third-order valence-electron chi connectivity index (χ3n) is 12.2. The molecule has 0 spiro atoms. The number of unbranched alkanes of at least 4 members (excludes halogenated alkanes) is 15. The van der Waals surface area contributed by atoms with E-state index in [-0.39, 0.29) is 19.4 Å². The van der Waals surface area contributed by atoms with Crippen LogP contribution in [0.5, 0.6) is 0 Å². The molecule has 8 atom stereocenters. The molecular formula is C61H99NO10. The Kier molecular flexibility index (Phi) is 44.1. The highest BCUT2D eigenvalue weighted by Crippen LogP contribution is 2.26. The number of hydrogen-bond acceptors (Lipinski definition) is 10. The van der Waals surface area contributed by atoms with E-state index in [9.17, 15) is 35.1 Å². The number of amides is 1. The van der Waals surface area contributed by atoms with Gasteiger partial charge in [-0.25, -0.2) is 0 Å². The van der Waals surface area contributed by atoms with Gasteiger partial charge in [0.2, 0.25) is 5.91 Å². The zero-order chi connectivity index (χ0) is 52.5. The van der Waals surface area contributed by atoms with E-state index >= 15 is 0 Å². The van der Waals surface area contributed by atoms with E-state index in [2.05, 4.69) is 99.0 Å². The van der Waals surface area contributed by atoms with Crippen molar-refractivity contribution >= 4 is 11.9 Å². The molecule has 0 radical (unpaired) electrons. The Balaban J connectivity index is 2.81. The third kappa shape index (κ3) is 36.1. The second kappa shape index (κ2) is 48.0. The van der Waals surface area contributed by atoms with E-state index in [0.29, 0.717) is 12.8 Å². The molecule has 1 aliphatic rings. The molecule has 408 valence electrons. The van der Waals surface area contributed by atoms with Crippen LogP contribution in [0.2, 0.25) is 0 Å². The third-order valence-corrected chi connectivity index (χ3v) is 12.2. The number of carbonyl (C=O) groups excluding carboxylic acids is 2. The number of nitrogens with one attached hydrogen (secondary N) is 1. The molecule has 1 heterocycles. The Morgan fingerprint density at radius 1 is 0.569 bits per heavy atom. The molecule has 0 bridgehead atoms. The van der Waals surface area contributed by atoms with Crippen LogP contribution in [0.1, 0.15) is 188 Å². The second-order valence-electron chi connectivity index (χ2n) is 18.6. The van der Waals surface area contributed by atoms with Gasteiger partial charge < -0.3 is 45.1 Å². The van der Waals surface area contributed by atoms with Crippen molar-refractivity contribution in [1.29, 1.82) is 0 Å². The Morgan fingerprint density at radius 3 is 1.67 bits per heavy atom. The van der Waals surface area contributed by atoms with Gasteiger partial charge in [-0.3, -0.25) is 9.59 Å². The zero-order valence-corrected chi connectivity index (χ0v) is 44.7. The van der Waals surface area contributed by atoms with Gasteiger partial charge in [-0.15, -0.1) is 0 Å². The van der Waals surface area contributed by atoms with E-state index in [0.717, 1.165) is 96.3 Å². The lowest BCUT2D eigenvalue weighted by Gasteiger charge is -2.41. The Labute approximate surface area is 436 Å². The summed E-state index contributed by atoms with van der Waals surface area (Å²) in [6, 6.07) is -1.06. The number of ether oxygens (including phenoxy) is 3. The fraction of sp³-hybridized carbons (Fsp3) is 0.639. The normalized spacial score (nSPS) is 20.5. The maximum atomic E-state index is 13.4. The summed E-state index contributed by atoms with van der Waals surface area (Å²) >= 11 is 0. The van der Waals surface area contributed by atoms with Gasteiger partial charge in [0, 0.05) is 6.42 Å². The maximum absolute atomic E-state index is 13.4. The standard InChI is InChI=1S/C61H99NO10/c1-4-7-10-13-16-19-22-25-26-27-28-29-31-33-36-39-42-45-48-54(65)60(69)62-52(53(64)47-44-41-38-35-32-24-21-18-15-12-9-6-3)51-70-61-59(58(68)57(67)55(50-63)71-61)72-56(66)49-46-43-40-37-34-30-23-20-17-14-11-8-5-2/h7-8,10-11,14,16-17,19-20,23,25-26,28-30,33-34,36,44,47,52-55,57-59,61,63-65,67-68H,4-6,9,12-13,15,18,21-22,24,27,31-32,35,37-43,45-46,48-51H2,1-3H3,(H,62,69)/b10-7-,11-8+,17-14+,19-16-,23-20-,26-25-,29-28-,34-30-,36-33-,47-44+. The average Bonchev–Trinajstić information content (AvgIpc) is 3.38. The highest BCUT2D eigenvalue weighted by Gasteiger charge is 2.47. The highest BCUT2D eigenvalue weighted by atomic mass is 16.7. The van der Waals surface area contributed by atoms with Gasteiger partial charge in [0.05, 0.1) is 25.4 Å². The van der Waals surface area contributed by atoms with E-state index in [1.807, 2.05) is 42.5 Å². The lowest BCUT2D eigenvalue weighted by molar-refractivity contribution is -0.305. The topological polar surface area (TPSA) is 175 Å². The van der Waals surface area contributed by atoms with Gasteiger partial charge in [0.15, 0.2) is 12.4 Å². The van der Waals surface area contributed by atoms with Gasteiger partial charge in [-0.2, -0.15) is 0 Å². The SMILES string of the molecule is CC/C=C\C/C=C\C/C=C\C/C=C\C/C=C\CCCCC(O)C(=O)NC(COC1OC(CO)C(O)C(O)C1OC(=O)CCCCC\C=C/C=C\C=C\C=C\CC)C(O)/C=C/CCCCCCCCCCCC. The summed E-state index contributed by atoms with van der Waals surface area (Å²) in [5.41, 5.74) is 0. The number of hydrogen-bond donors (Lipinski definition) is 6. The first-order valence-corrected chi connectivity index (χ1v) is 27.9. The quantitative estimate of drug-likeness (QED) is 0.0149. The van der Waals surface area contributed by atoms with Crippen molar-refractivity contribution in [1.82, 2.24) is 5.32 Å². The summed E-state index contributed by atoms with van der Waals surface area (Å²) in [6.07, 6.45) is 55.3. The molecule has 1 amide bonds. The minimum absolute atomic E-state index is 0.0661. The highest BCUT2D eigenvalue weighted by molar-refractivity contribution is 5.80. The lowest BCUT2D eigenvalue weighted by atomic mass is 9.99. The van der Waals surface area contributed by atoms with Crippen LogP contribution >= 0.6 is 0 Å².